The molecule has 0 bridgehead atoms. The first-order chi connectivity index (χ1) is 14.3. The van der Waals surface area contributed by atoms with Gasteiger partial charge in [-0.15, -0.1) is 0 Å². The molecule has 5 nitrogen and oxygen atoms in total. The van der Waals surface area contributed by atoms with Gasteiger partial charge < -0.3 is 4.57 Å². The molecule has 0 atom stereocenters. The minimum Gasteiger partial charge on any atom is -0.334 e. The number of Topliss-reactive ketones (excluding diaryl/α,β-unsaturated/α-hetero) is 1. The first kappa shape index (κ1) is 12.3. The second-order valence-electron chi connectivity index (χ2n) is 5.79. The zero-order chi connectivity index (χ0) is 21.6. The van der Waals surface area contributed by atoms with Crippen molar-refractivity contribution in [2.24, 2.45) is 7.05 Å². The van der Waals surface area contributed by atoms with Gasteiger partial charge in [-0.05, 0) is 42.4 Å². The lowest BCUT2D eigenvalue weighted by atomic mass is 10.0. The fraction of sp³-hybridized carbons (Fsp3) is 0.100. The number of ketones is 1. The van der Waals surface area contributed by atoms with E-state index >= 15 is 0 Å². The van der Waals surface area contributed by atoms with Crippen LogP contribution in [-0.4, -0.2) is 25.5 Å². The predicted molar refractivity (Wildman–Crippen MR) is 101 cm³/mol. The largest absolute Gasteiger partial charge is 0.334 e. The molecule has 0 spiro atoms. The maximum absolute atomic E-state index is 12.8. The van der Waals surface area contributed by atoms with Crippen LogP contribution >= 0.6 is 11.6 Å². The topological polar surface area (TPSA) is 60.7 Å². The van der Waals surface area contributed by atoms with Crippen LogP contribution in [0.1, 0.15) is 21.5 Å². The van der Waals surface area contributed by atoms with Crippen molar-refractivity contribution < 1.29 is 10.3 Å². The number of aryl methyl sites for hydroxylation is 1. The Hall–Kier alpha value is -3.05. The number of carbonyl (C=O) groups excluding carboxylic acids is 1. The van der Waals surface area contributed by atoms with E-state index < -0.39 is 30.0 Å². The molecule has 26 heavy (non-hydrogen) atoms. The number of hydrogen-bond donors (Lipinski definition) is 0. The summed E-state index contributed by atoms with van der Waals surface area (Å²) in [4.78, 5) is 16.9. The summed E-state index contributed by atoms with van der Waals surface area (Å²) in [6, 6.07) is 5.60. The lowest BCUT2D eigenvalue weighted by Gasteiger charge is -2.06. The Balaban J connectivity index is 1.71. The molecule has 2 heterocycles. The first-order valence-corrected chi connectivity index (χ1v) is 8.17. The van der Waals surface area contributed by atoms with Crippen LogP contribution in [-0.2, 0) is 13.5 Å². The van der Waals surface area contributed by atoms with Crippen molar-refractivity contribution in [2.75, 3.05) is 0 Å². The van der Waals surface area contributed by atoms with Crippen LogP contribution in [0, 0.1) is 0 Å². The van der Waals surface area contributed by atoms with Crippen LogP contribution in [0.25, 0.3) is 22.2 Å². The van der Waals surface area contributed by atoms with Crippen molar-refractivity contribution in [3.8, 4) is 11.3 Å². The van der Waals surface area contributed by atoms with Gasteiger partial charge in [-0.25, -0.2) is 4.98 Å². The van der Waals surface area contributed by atoms with Crippen LogP contribution in [0.4, 0.5) is 0 Å². The van der Waals surface area contributed by atoms with E-state index in [9.17, 15) is 4.79 Å². The number of benzene rings is 2. The summed E-state index contributed by atoms with van der Waals surface area (Å²) in [5.41, 5.74) is 2.58. The number of fused-ring (bicyclic) bond motifs is 1. The van der Waals surface area contributed by atoms with Gasteiger partial charge in [0.2, 0.25) is 0 Å². The Morgan fingerprint density at radius 1 is 1.19 bits per heavy atom. The number of rotatable bonds is 4. The molecular formula is C20H15ClN4O. The molecule has 2 aromatic heterocycles. The Morgan fingerprint density at radius 2 is 2.00 bits per heavy atom. The monoisotopic (exact) mass is 366 g/mol. The minimum atomic E-state index is -0.583. The molecule has 0 unspecified atom stereocenters. The summed E-state index contributed by atoms with van der Waals surface area (Å²) in [5.74, 6) is -0.583. The van der Waals surface area contributed by atoms with Crippen molar-refractivity contribution in [2.45, 2.75) is 6.42 Å². The van der Waals surface area contributed by atoms with Gasteiger partial charge in [0, 0.05) is 28.6 Å². The zero-order valence-electron chi connectivity index (χ0n) is 17.7. The van der Waals surface area contributed by atoms with E-state index in [0.717, 1.165) is 16.6 Å². The Bertz CT molecular complexity index is 1290. The molecule has 0 fully saturated rings. The van der Waals surface area contributed by atoms with Crippen LogP contribution in [0.3, 0.4) is 0 Å². The smallest absolute Gasteiger partial charge is 0.168 e. The number of carbonyl (C=O) groups is 1. The molecule has 0 saturated heterocycles. The summed E-state index contributed by atoms with van der Waals surface area (Å²) in [7, 11) is 1.89. The molecule has 128 valence electrons. The third-order valence-electron chi connectivity index (χ3n) is 3.96. The minimum absolute atomic E-state index is 0.211. The highest BCUT2D eigenvalue weighted by Gasteiger charge is 2.10. The maximum atomic E-state index is 12.8. The van der Waals surface area contributed by atoms with Gasteiger partial charge in [0.05, 0.1) is 41.3 Å². The van der Waals surface area contributed by atoms with Gasteiger partial charge in [-0.1, -0.05) is 17.7 Å². The molecule has 2 aromatic carbocycles. The van der Waals surface area contributed by atoms with Gasteiger partial charge >= 0.3 is 0 Å². The molecule has 6 heteroatoms. The van der Waals surface area contributed by atoms with E-state index in [-0.39, 0.29) is 17.0 Å². The van der Waals surface area contributed by atoms with E-state index in [2.05, 4.69) is 15.2 Å². The van der Waals surface area contributed by atoms with Gasteiger partial charge in [-0.3, -0.25) is 4.79 Å². The summed E-state index contributed by atoms with van der Waals surface area (Å²) >= 11 is 5.80. The number of hydrogen-bond acceptors (Lipinski definition) is 4. The lowest BCUT2D eigenvalue weighted by Crippen LogP contribution is -2.06. The Kier molecular flexibility index (Phi) is 3.17. The molecule has 0 amide bonds. The van der Waals surface area contributed by atoms with E-state index in [1.807, 2.05) is 29.8 Å². The van der Waals surface area contributed by atoms with Crippen molar-refractivity contribution in [1.29, 1.82) is 0 Å². The highest BCUT2D eigenvalue weighted by molar-refractivity contribution is 6.30. The Labute approximate surface area is 160 Å². The van der Waals surface area contributed by atoms with E-state index in [4.69, 9.17) is 17.1 Å². The first-order valence-electron chi connectivity index (χ1n) is 9.80. The summed E-state index contributed by atoms with van der Waals surface area (Å²) < 4.78 is 33.5. The van der Waals surface area contributed by atoms with Crippen LogP contribution in [0.15, 0.2) is 61.0 Å². The fourth-order valence-electron chi connectivity index (χ4n) is 2.66. The van der Waals surface area contributed by atoms with Gasteiger partial charge in [0.15, 0.2) is 5.78 Å². The molecule has 4 aromatic rings. The highest BCUT2D eigenvalue weighted by Crippen LogP contribution is 2.23. The number of imidazole rings is 1. The molecule has 0 radical (unpaired) electrons. The van der Waals surface area contributed by atoms with Crippen LogP contribution < -0.4 is 0 Å². The third kappa shape index (κ3) is 3.21. The number of halogens is 1. The quantitative estimate of drug-likeness (QED) is 0.510. The average Bonchev–Trinajstić information content (AvgIpc) is 3.16. The van der Waals surface area contributed by atoms with Crippen molar-refractivity contribution in [3.05, 3.63) is 77.2 Å². The summed E-state index contributed by atoms with van der Waals surface area (Å²) in [6.07, 6.45) is 3.25. The van der Waals surface area contributed by atoms with E-state index in [1.165, 1.54) is 0 Å². The maximum Gasteiger partial charge on any atom is 0.168 e. The molecule has 0 aliphatic heterocycles. The molecule has 0 aliphatic rings. The molecule has 0 saturated carbocycles. The third-order valence-corrected chi connectivity index (χ3v) is 4.15. The average molecular weight is 367 g/mol. The fourth-order valence-corrected chi connectivity index (χ4v) is 2.75. The van der Waals surface area contributed by atoms with Crippen LogP contribution in [0.5, 0.6) is 0 Å². The van der Waals surface area contributed by atoms with Crippen LogP contribution in [0.2, 0.25) is 5.02 Å². The summed E-state index contributed by atoms with van der Waals surface area (Å²) in [5, 5.41) is 8.70. The summed E-state index contributed by atoms with van der Waals surface area (Å²) in [6.45, 7) is 0. The normalized spacial score (nSPS) is 13.2. The highest BCUT2D eigenvalue weighted by atomic mass is 35.5. The van der Waals surface area contributed by atoms with Crippen molar-refractivity contribution >= 4 is 28.3 Å². The predicted octanol–water partition coefficient (Wildman–Crippen LogP) is 4.11. The molecule has 0 N–H and O–H groups in total. The Morgan fingerprint density at radius 3 is 2.73 bits per heavy atom. The lowest BCUT2D eigenvalue weighted by molar-refractivity contribution is 0.0991. The molecule has 0 aliphatic carbocycles. The van der Waals surface area contributed by atoms with E-state index in [0.29, 0.717) is 11.2 Å². The van der Waals surface area contributed by atoms with Gasteiger partial charge in [-0.2, -0.15) is 10.2 Å². The second-order valence-corrected chi connectivity index (χ2v) is 6.17. The molecule has 4 rings (SSSR count). The number of nitrogens with zero attached hydrogens (tertiary/aromatic N) is 4. The van der Waals surface area contributed by atoms with E-state index in [1.54, 1.807) is 18.6 Å². The zero-order valence-corrected chi connectivity index (χ0v) is 14.5. The second kappa shape index (κ2) is 6.69. The van der Waals surface area contributed by atoms with Gasteiger partial charge in [0.1, 0.15) is 0 Å². The van der Waals surface area contributed by atoms with Gasteiger partial charge in [0.25, 0.3) is 0 Å². The standard InChI is InChI=1S/C20H15ClN4O/c1-25-12-22-11-19(25)14-4-7-18-15(8-14)9-17(23-24-18)10-20(26)13-2-5-16(21)6-3-13/h2-9,11-12H,10H2,1H3/i2D,3D,5D,6D. The number of aromatic nitrogens is 4. The SMILES string of the molecule is [2H]c1c([2H])c(C(=O)Cc2cc3cc(-c4cncn4C)ccc3nn2)c([2H])c([2H])c1Cl. The van der Waals surface area contributed by atoms with Crippen molar-refractivity contribution in [1.82, 2.24) is 19.7 Å². The van der Waals surface area contributed by atoms with Crippen molar-refractivity contribution in [3.63, 3.8) is 0 Å². The molecular weight excluding hydrogens is 348 g/mol.